The second-order valence-electron chi connectivity index (χ2n) is 4.04. The lowest BCUT2D eigenvalue weighted by molar-refractivity contribution is 0.0214. The first-order chi connectivity index (χ1) is 7.99. The molecule has 0 saturated heterocycles. The lowest BCUT2D eigenvalue weighted by Crippen LogP contribution is -2.48. The molecule has 7 N–H and O–H groups in total. The van der Waals surface area contributed by atoms with E-state index in [0.717, 1.165) is 0 Å². The molecule has 0 fully saturated rings. The van der Waals surface area contributed by atoms with E-state index in [-0.39, 0.29) is 11.6 Å². The maximum absolute atomic E-state index is 11.6. The van der Waals surface area contributed by atoms with E-state index in [9.17, 15) is 15.0 Å². The zero-order chi connectivity index (χ0) is 12.6. The van der Waals surface area contributed by atoms with Crippen molar-refractivity contribution < 1.29 is 10.2 Å². The zero-order valence-electron chi connectivity index (χ0n) is 9.27. The van der Waals surface area contributed by atoms with Crippen molar-refractivity contribution in [3.8, 4) is 0 Å². The van der Waals surface area contributed by atoms with Gasteiger partial charge >= 0.3 is 0 Å². The van der Waals surface area contributed by atoms with Crippen LogP contribution in [0.25, 0.3) is 0 Å². The predicted molar refractivity (Wildman–Crippen MR) is 62.9 cm³/mol. The lowest BCUT2D eigenvalue weighted by atomic mass is 10.0. The van der Waals surface area contributed by atoms with Crippen molar-refractivity contribution >= 4 is 17.5 Å². The van der Waals surface area contributed by atoms with Crippen LogP contribution in [0.2, 0.25) is 0 Å². The third-order valence-corrected chi connectivity index (χ3v) is 2.66. The van der Waals surface area contributed by atoms with Gasteiger partial charge in [0, 0.05) is 6.54 Å². The number of H-pyrrole nitrogens is 1. The van der Waals surface area contributed by atoms with Crippen molar-refractivity contribution in [1.82, 2.24) is 9.97 Å². The van der Waals surface area contributed by atoms with Crippen LogP contribution in [0.1, 0.15) is 6.92 Å². The highest BCUT2D eigenvalue weighted by Crippen LogP contribution is 2.21. The van der Waals surface area contributed by atoms with Gasteiger partial charge in [-0.3, -0.25) is 9.78 Å². The summed E-state index contributed by atoms with van der Waals surface area (Å²) in [6.45, 7) is 1.82. The summed E-state index contributed by atoms with van der Waals surface area (Å²) in [7, 11) is 0. The third kappa shape index (κ3) is 2.17. The zero-order valence-corrected chi connectivity index (χ0v) is 9.27. The minimum atomic E-state index is -0.979. The number of aliphatic hydroxyl groups is 2. The van der Waals surface area contributed by atoms with E-state index in [1.54, 1.807) is 0 Å². The number of nitrogens with one attached hydrogen (secondary N) is 3. The van der Waals surface area contributed by atoms with Crippen molar-refractivity contribution in [2.45, 2.75) is 25.2 Å². The number of rotatable bonds is 2. The number of fused-ring (bicyclic) bond motifs is 1. The van der Waals surface area contributed by atoms with Gasteiger partial charge in [-0.2, -0.15) is 4.98 Å². The molecule has 17 heavy (non-hydrogen) atoms. The number of aromatic amines is 1. The Bertz CT molecular complexity index is 472. The third-order valence-electron chi connectivity index (χ3n) is 2.66. The fourth-order valence-electron chi connectivity index (χ4n) is 1.74. The van der Waals surface area contributed by atoms with Crippen molar-refractivity contribution in [2.75, 3.05) is 22.9 Å². The van der Waals surface area contributed by atoms with Gasteiger partial charge in [0.2, 0.25) is 5.95 Å². The number of hydrogen-bond acceptors (Lipinski definition) is 7. The van der Waals surface area contributed by atoms with Crippen LogP contribution in [0.3, 0.4) is 0 Å². The molecule has 0 saturated carbocycles. The number of hydrogen-bond donors (Lipinski definition) is 6. The van der Waals surface area contributed by atoms with Gasteiger partial charge in [0.25, 0.3) is 5.56 Å². The molecule has 2 heterocycles. The maximum Gasteiger partial charge on any atom is 0.277 e. The highest BCUT2D eigenvalue weighted by Gasteiger charge is 2.29. The molecule has 2 rings (SSSR count). The number of nitrogens with zero attached hydrogens (tertiary/aromatic N) is 1. The van der Waals surface area contributed by atoms with Crippen LogP contribution in [-0.2, 0) is 0 Å². The molecule has 94 valence electrons. The average Bonchev–Trinajstić information content (AvgIpc) is 2.27. The van der Waals surface area contributed by atoms with E-state index in [2.05, 4.69) is 20.6 Å². The maximum atomic E-state index is 11.6. The van der Waals surface area contributed by atoms with Gasteiger partial charge in [0.1, 0.15) is 11.8 Å². The molecule has 1 aromatic heterocycles. The first-order valence-electron chi connectivity index (χ1n) is 5.25. The first-order valence-corrected chi connectivity index (χ1v) is 5.25. The van der Waals surface area contributed by atoms with E-state index in [0.29, 0.717) is 12.4 Å². The van der Waals surface area contributed by atoms with E-state index in [1.807, 2.05) is 0 Å². The van der Waals surface area contributed by atoms with Crippen LogP contribution in [0.5, 0.6) is 0 Å². The van der Waals surface area contributed by atoms with Crippen LogP contribution in [0.15, 0.2) is 4.79 Å². The quantitative estimate of drug-likeness (QED) is 0.363. The Hall–Kier alpha value is -1.80. The first kappa shape index (κ1) is 11.7. The number of anilines is 3. The summed E-state index contributed by atoms with van der Waals surface area (Å²) in [6.07, 6.45) is -1.87. The van der Waals surface area contributed by atoms with E-state index in [4.69, 9.17) is 5.73 Å². The summed E-state index contributed by atoms with van der Waals surface area (Å²) in [5.41, 5.74) is 5.20. The van der Waals surface area contributed by atoms with Crippen molar-refractivity contribution in [3.63, 3.8) is 0 Å². The smallest absolute Gasteiger partial charge is 0.277 e. The van der Waals surface area contributed by atoms with Crippen molar-refractivity contribution in [3.05, 3.63) is 10.4 Å². The predicted octanol–water partition coefficient (Wildman–Crippen LogP) is -1.70. The molecule has 0 radical (unpaired) electrons. The molecule has 0 aliphatic carbocycles. The van der Waals surface area contributed by atoms with Gasteiger partial charge in [-0.15, -0.1) is 0 Å². The molecule has 1 aliphatic rings. The summed E-state index contributed by atoms with van der Waals surface area (Å²) < 4.78 is 0. The standard InChI is InChI=1S/C9H15N5O3/c1-3(15)6(16)4-2-11-7-5(12-4)8(17)14-9(10)13-7/h3-4,6,12,15-16H,2H2,1H3,(H4,10,11,13,14,17)/t3-,4+,6+/m0/s1. The molecule has 0 aromatic carbocycles. The molecular formula is C9H15N5O3. The molecule has 1 aromatic rings. The normalized spacial score (nSPS) is 21.9. The molecule has 0 unspecified atom stereocenters. The van der Waals surface area contributed by atoms with Crippen molar-refractivity contribution in [2.24, 2.45) is 0 Å². The van der Waals surface area contributed by atoms with E-state index >= 15 is 0 Å². The second-order valence-corrected chi connectivity index (χ2v) is 4.04. The Balaban J connectivity index is 2.27. The highest BCUT2D eigenvalue weighted by molar-refractivity contribution is 5.67. The molecule has 3 atom stereocenters. The summed E-state index contributed by atoms with van der Waals surface area (Å²) in [5.74, 6) is 0.373. The Kier molecular flexibility index (Phi) is 2.90. The van der Waals surface area contributed by atoms with Gasteiger partial charge in [-0.25, -0.2) is 0 Å². The molecule has 0 bridgehead atoms. The van der Waals surface area contributed by atoms with Gasteiger partial charge in [0.15, 0.2) is 5.82 Å². The van der Waals surface area contributed by atoms with Crippen LogP contribution < -0.4 is 21.9 Å². The van der Waals surface area contributed by atoms with Gasteiger partial charge in [-0.05, 0) is 6.92 Å². The van der Waals surface area contributed by atoms with Gasteiger partial charge < -0.3 is 26.6 Å². The summed E-state index contributed by atoms with van der Waals surface area (Å²) >= 11 is 0. The number of nitrogens with two attached hydrogens (primary N) is 1. The average molecular weight is 241 g/mol. The summed E-state index contributed by atoms with van der Waals surface area (Å²) in [6, 6.07) is -0.464. The topological polar surface area (TPSA) is 136 Å². The highest BCUT2D eigenvalue weighted by atomic mass is 16.3. The fraction of sp³-hybridized carbons (Fsp3) is 0.556. The van der Waals surface area contributed by atoms with Gasteiger partial charge in [0.05, 0.1) is 12.1 Å². The molecule has 0 spiro atoms. The minimum Gasteiger partial charge on any atom is -0.391 e. The van der Waals surface area contributed by atoms with E-state index < -0.39 is 23.8 Å². The van der Waals surface area contributed by atoms with Crippen molar-refractivity contribution in [1.29, 1.82) is 0 Å². The number of aliphatic hydroxyl groups excluding tert-OH is 2. The molecule has 0 amide bonds. The molecule has 8 heteroatoms. The van der Waals surface area contributed by atoms with Crippen LogP contribution >= 0.6 is 0 Å². The molecule has 8 nitrogen and oxygen atoms in total. The molecule has 1 aliphatic heterocycles. The Labute approximate surface area is 96.9 Å². The van der Waals surface area contributed by atoms with Crippen LogP contribution in [0.4, 0.5) is 17.5 Å². The van der Waals surface area contributed by atoms with Crippen LogP contribution in [0, 0.1) is 0 Å². The lowest BCUT2D eigenvalue weighted by Gasteiger charge is -2.31. The number of aromatic nitrogens is 2. The largest absolute Gasteiger partial charge is 0.391 e. The molecular weight excluding hydrogens is 226 g/mol. The Morgan fingerprint density at radius 3 is 2.88 bits per heavy atom. The Morgan fingerprint density at radius 1 is 1.53 bits per heavy atom. The number of nitrogen functional groups attached to an aromatic ring is 1. The Morgan fingerprint density at radius 2 is 2.24 bits per heavy atom. The minimum absolute atomic E-state index is 0.0255. The second kappa shape index (κ2) is 4.22. The van der Waals surface area contributed by atoms with Gasteiger partial charge in [-0.1, -0.05) is 0 Å². The monoisotopic (exact) mass is 241 g/mol. The summed E-state index contributed by atoms with van der Waals surface area (Å²) in [4.78, 5) is 17.9. The van der Waals surface area contributed by atoms with E-state index in [1.165, 1.54) is 6.92 Å². The SMILES string of the molecule is C[C@H](O)[C@@H](O)[C@H]1CNc2nc(N)[nH]c(=O)c2N1. The fourth-order valence-corrected chi connectivity index (χ4v) is 1.74. The summed E-state index contributed by atoms with van der Waals surface area (Å²) in [5, 5.41) is 24.7. The van der Waals surface area contributed by atoms with Crippen LogP contribution in [-0.4, -0.2) is 45.0 Å².